The lowest BCUT2D eigenvalue weighted by Crippen LogP contribution is -2.42. The fourth-order valence-electron chi connectivity index (χ4n) is 2.89. The number of hydrogen-bond donors (Lipinski definition) is 0. The van der Waals surface area contributed by atoms with Crippen LogP contribution < -0.4 is 4.90 Å². The highest BCUT2D eigenvalue weighted by molar-refractivity contribution is 5.96. The Kier molecular flexibility index (Phi) is 3.08. The Bertz CT molecular complexity index is 428. The van der Waals surface area contributed by atoms with Crippen LogP contribution in [0.3, 0.4) is 0 Å². The Hall–Kier alpha value is -1.35. The number of nitrogens with zero attached hydrogens (tertiary/aromatic N) is 1. The summed E-state index contributed by atoms with van der Waals surface area (Å²) in [6.45, 7) is 3.87. The van der Waals surface area contributed by atoms with Crippen molar-refractivity contribution in [3.63, 3.8) is 0 Å². The number of Topliss-reactive ketones (excluding diaryl/α,β-unsaturated/α-hetero) is 1. The molecule has 1 aromatic rings. The number of carbonyl (C=O) groups excluding carboxylic acids is 1. The van der Waals surface area contributed by atoms with Crippen LogP contribution >= 0.6 is 0 Å². The zero-order valence-corrected chi connectivity index (χ0v) is 10.8. The van der Waals surface area contributed by atoms with Crippen LogP contribution in [0.4, 0.5) is 5.69 Å². The second-order valence-electron chi connectivity index (χ2n) is 5.19. The zero-order valence-electron chi connectivity index (χ0n) is 10.8. The summed E-state index contributed by atoms with van der Waals surface area (Å²) in [4.78, 5) is 14.0. The summed E-state index contributed by atoms with van der Waals surface area (Å²) in [5.41, 5.74) is 2.03. The molecule has 2 atom stereocenters. The third kappa shape index (κ3) is 2.15. The summed E-state index contributed by atoms with van der Waals surface area (Å²) in [7, 11) is 0. The van der Waals surface area contributed by atoms with Gasteiger partial charge in [-0.25, -0.2) is 0 Å². The predicted octanol–water partition coefficient (Wildman–Crippen LogP) is 2.65. The molecule has 0 spiro atoms. The van der Waals surface area contributed by atoms with Gasteiger partial charge in [0.2, 0.25) is 0 Å². The SMILES string of the molecule is CCC(=O)c1ccc(N2CC3CCC(C2)O3)cc1. The van der Waals surface area contributed by atoms with E-state index in [0.717, 1.165) is 18.7 Å². The van der Waals surface area contributed by atoms with E-state index in [-0.39, 0.29) is 5.78 Å². The van der Waals surface area contributed by atoms with Crippen molar-refractivity contribution in [2.24, 2.45) is 0 Å². The van der Waals surface area contributed by atoms with Crippen molar-refractivity contribution in [3.05, 3.63) is 29.8 Å². The quantitative estimate of drug-likeness (QED) is 0.767. The first-order valence-corrected chi connectivity index (χ1v) is 6.80. The second-order valence-corrected chi connectivity index (χ2v) is 5.19. The number of ketones is 1. The van der Waals surface area contributed by atoms with Gasteiger partial charge in [-0.2, -0.15) is 0 Å². The second kappa shape index (κ2) is 4.73. The van der Waals surface area contributed by atoms with E-state index in [0.29, 0.717) is 18.6 Å². The Morgan fingerprint density at radius 1 is 1.22 bits per heavy atom. The molecule has 1 aromatic carbocycles. The highest BCUT2D eigenvalue weighted by Gasteiger charge is 2.33. The van der Waals surface area contributed by atoms with Gasteiger partial charge in [0.25, 0.3) is 0 Å². The Balaban J connectivity index is 1.75. The van der Waals surface area contributed by atoms with Crippen molar-refractivity contribution < 1.29 is 9.53 Å². The first-order chi connectivity index (χ1) is 8.76. The summed E-state index contributed by atoms with van der Waals surface area (Å²) >= 11 is 0. The van der Waals surface area contributed by atoms with Crippen molar-refractivity contribution in [3.8, 4) is 0 Å². The van der Waals surface area contributed by atoms with Gasteiger partial charge >= 0.3 is 0 Å². The van der Waals surface area contributed by atoms with Gasteiger partial charge in [0.05, 0.1) is 12.2 Å². The number of rotatable bonds is 3. The fraction of sp³-hybridized carbons (Fsp3) is 0.533. The minimum Gasteiger partial charge on any atom is -0.371 e. The minimum absolute atomic E-state index is 0.212. The van der Waals surface area contributed by atoms with Crippen LogP contribution in [0.15, 0.2) is 24.3 Å². The molecule has 0 saturated carbocycles. The molecule has 2 heterocycles. The first kappa shape index (κ1) is 11.7. The normalized spacial score (nSPS) is 26.4. The number of fused-ring (bicyclic) bond motifs is 2. The Morgan fingerprint density at radius 2 is 1.83 bits per heavy atom. The third-order valence-corrected chi connectivity index (χ3v) is 3.92. The molecular formula is C15H19NO2. The summed E-state index contributed by atoms with van der Waals surface area (Å²) < 4.78 is 5.83. The summed E-state index contributed by atoms with van der Waals surface area (Å²) in [5.74, 6) is 0.212. The van der Waals surface area contributed by atoms with E-state index in [2.05, 4.69) is 17.0 Å². The maximum atomic E-state index is 11.6. The lowest BCUT2D eigenvalue weighted by Gasteiger charge is -2.33. The maximum Gasteiger partial charge on any atom is 0.162 e. The van der Waals surface area contributed by atoms with Gasteiger partial charge in [0.15, 0.2) is 5.78 Å². The van der Waals surface area contributed by atoms with Crippen LogP contribution in [0.2, 0.25) is 0 Å². The number of carbonyl (C=O) groups is 1. The molecular weight excluding hydrogens is 226 g/mol. The van der Waals surface area contributed by atoms with Gasteiger partial charge in [0, 0.05) is 30.8 Å². The van der Waals surface area contributed by atoms with Crippen molar-refractivity contribution in [1.82, 2.24) is 0 Å². The standard InChI is InChI=1S/C15H19NO2/c1-2-15(17)11-3-5-12(6-4-11)16-9-13-7-8-14(10-16)18-13/h3-6,13-14H,2,7-10H2,1H3. The largest absolute Gasteiger partial charge is 0.371 e. The van der Waals surface area contributed by atoms with E-state index in [4.69, 9.17) is 4.74 Å². The van der Waals surface area contributed by atoms with Crippen LogP contribution in [0.5, 0.6) is 0 Å². The summed E-state index contributed by atoms with van der Waals surface area (Å²) in [5, 5.41) is 0. The lowest BCUT2D eigenvalue weighted by atomic mass is 10.1. The minimum atomic E-state index is 0.212. The smallest absolute Gasteiger partial charge is 0.162 e. The summed E-state index contributed by atoms with van der Waals surface area (Å²) in [6, 6.07) is 8.01. The number of benzene rings is 1. The Labute approximate surface area is 108 Å². The van der Waals surface area contributed by atoms with Crippen LogP contribution in [0, 0.1) is 0 Å². The van der Waals surface area contributed by atoms with Gasteiger partial charge < -0.3 is 9.64 Å². The molecule has 0 aromatic heterocycles. The van der Waals surface area contributed by atoms with Crippen molar-refractivity contribution in [2.75, 3.05) is 18.0 Å². The molecule has 2 fully saturated rings. The molecule has 2 aliphatic rings. The molecule has 0 aliphatic carbocycles. The van der Waals surface area contributed by atoms with Crippen molar-refractivity contribution in [2.45, 2.75) is 38.4 Å². The zero-order chi connectivity index (χ0) is 12.5. The van der Waals surface area contributed by atoms with E-state index in [1.54, 1.807) is 0 Å². The van der Waals surface area contributed by atoms with Gasteiger partial charge in [0.1, 0.15) is 0 Å². The fourth-order valence-corrected chi connectivity index (χ4v) is 2.89. The molecule has 0 N–H and O–H groups in total. The molecule has 0 amide bonds. The van der Waals surface area contributed by atoms with E-state index in [9.17, 15) is 4.79 Å². The molecule has 0 radical (unpaired) electrons. The first-order valence-electron chi connectivity index (χ1n) is 6.80. The predicted molar refractivity (Wildman–Crippen MR) is 71.2 cm³/mol. The van der Waals surface area contributed by atoms with Crippen molar-refractivity contribution >= 4 is 11.5 Å². The van der Waals surface area contributed by atoms with Gasteiger partial charge in [-0.05, 0) is 37.1 Å². The van der Waals surface area contributed by atoms with Crippen LogP contribution in [-0.4, -0.2) is 31.1 Å². The molecule has 2 bridgehead atoms. The van der Waals surface area contributed by atoms with Crippen molar-refractivity contribution in [1.29, 1.82) is 0 Å². The molecule has 2 aliphatic heterocycles. The van der Waals surface area contributed by atoms with E-state index in [1.165, 1.54) is 18.5 Å². The molecule has 2 saturated heterocycles. The Morgan fingerprint density at radius 3 is 2.39 bits per heavy atom. The lowest BCUT2D eigenvalue weighted by molar-refractivity contribution is 0.0305. The van der Waals surface area contributed by atoms with Gasteiger partial charge in [-0.1, -0.05) is 6.92 Å². The topological polar surface area (TPSA) is 29.5 Å². The van der Waals surface area contributed by atoms with E-state index >= 15 is 0 Å². The number of morpholine rings is 1. The van der Waals surface area contributed by atoms with Gasteiger partial charge in [-0.3, -0.25) is 4.79 Å². The molecule has 2 unspecified atom stereocenters. The van der Waals surface area contributed by atoms with Crippen LogP contribution in [-0.2, 0) is 4.74 Å². The van der Waals surface area contributed by atoms with E-state index in [1.807, 2.05) is 19.1 Å². The van der Waals surface area contributed by atoms with Gasteiger partial charge in [-0.15, -0.1) is 0 Å². The molecule has 96 valence electrons. The number of anilines is 1. The van der Waals surface area contributed by atoms with Crippen LogP contribution in [0.25, 0.3) is 0 Å². The average molecular weight is 245 g/mol. The van der Waals surface area contributed by atoms with E-state index < -0.39 is 0 Å². The maximum absolute atomic E-state index is 11.6. The monoisotopic (exact) mass is 245 g/mol. The third-order valence-electron chi connectivity index (χ3n) is 3.92. The highest BCUT2D eigenvalue weighted by Crippen LogP contribution is 2.29. The van der Waals surface area contributed by atoms with Crippen LogP contribution in [0.1, 0.15) is 36.5 Å². The number of hydrogen-bond acceptors (Lipinski definition) is 3. The molecule has 18 heavy (non-hydrogen) atoms. The highest BCUT2D eigenvalue weighted by atomic mass is 16.5. The molecule has 3 rings (SSSR count). The average Bonchev–Trinajstić information content (AvgIpc) is 2.77. The molecule has 3 heteroatoms. The summed E-state index contributed by atoms with van der Waals surface area (Å²) in [6.07, 6.45) is 3.75. The molecule has 3 nitrogen and oxygen atoms in total. The number of ether oxygens (including phenoxy) is 1.